The number of nitrogens with zero attached hydrogens (tertiary/aromatic N) is 1. The average Bonchev–Trinajstić information content (AvgIpc) is 2.97. The van der Waals surface area contributed by atoms with E-state index < -0.39 is 0 Å². The highest BCUT2D eigenvalue weighted by atomic mass is 16.2. The molecule has 2 amide bonds. The predicted octanol–water partition coefficient (Wildman–Crippen LogP) is 3.11. The van der Waals surface area contributed by atoms with Crippen LogP contribution in [0.4, 0.5) is 5.69 Å². The molecule has 0 saturated heterocycles. The van der Waals surface area contributed by atoms with Gasteiger partial charge in [-0.05, 0) is 24.1 Å². The Balaban J connectivity index is 1.66. The first-order chi connectivity index (χ1) is 12.1. The number of fused-ring (bicyclic) bond motifs is 1. The number of aryl methyl sites for hydroxylation is 2. The molecule has 1 aromatic heterocycles. The Bertz CT molecular complexity index is 928. The van der Waals surface area contributed by atoms with Gasteiger partial charge in [0.25, 0.3) is 5.91 Å². The van der Waals surface area contributed by atoms with E-state index in [1.54, 1.807) is 6.20 Å². The molecule has 5 heteroatoms. The van der Waals surface area contributed by atoms with Crippen molar-refractivity contribution in [2.24, 2.45) is 7.05 Å². The van der Waals surface area contributed by atoms with Gasteiger partial charge in [-0.15, -0.1) is 0 Å². The molecule has 0 radical (unpaired) electrons. The topological polar surface area (TPSA) is 63.1 Å². The third-order valence-electron chi connectivity index (χ3n) is 4.22. The number of carbonyl (C=O) groups excluding carboxylic acids is 2. The Labute approximate surface area is 146 Å². The zero-order chi connectivity index (χ0) is 17.8. The summed E-state index contributed by atoms with van der Waals surface area (Å²) >= 11 is 0. The molecule has 0 aliphatic carbocycles. The fourth-order valence-electron chi connectivity index (χ4n) is 2.92. The third kappa shape index (κ3) is 3.55. The van der Waals surface area contributed by atoms with Crippen molar-refractivity contribution in [2.45, 2.75) is 13.3 Å². The van der Waals surface area contributed by atoms with Crippen LogP contribution < -0.4 is 10.6 Å². The second-order valence-corrected chi connectivity index (χ2v) is 5.91. The molecule has 2 aromatic carbocycles. The van der Waals surface area contributed by atoms with Gasteiger partial charge in [-0.25, -0.2) is 0 Å². The van der Waals surface area contributed by atoms with E-state index in [0.717, 1.165) is 28.6 Å². The second-order valence-electron chi connectivity index (χ2n) is 5.91. The maximum absolute atomic E-state index is 12.4. The van der Waals surface area contributed by atoms with Gasteiger partial charge in [0.1, 0.15) is 0 Å². The lowest BCUT2D eigenvalue weighted by Crippen LogP contribution is -2.33. The molecular weight excluding hydrogens is 314 g/mol. The SMILES string of the molecule is CCc1ccccc1NC(=O)CNC(=O)c1cn(C)c2ccccc12. The van der Waals surface area contributed by atoms with Crippen LogP contribution in [0, 0.1) is 0 Å². The van der Waals surface area contributed by atoms with E-state index >= 15 is 0 Å². The Kier molecular flexibility index (Phi) is 4.84. The fraction of sp³-hybridized carbons (Fsp3) is 0.200. The summed E-state index contributed by atoms with van der Waals surface area (Å²) in [5.41, 5.74) is 3.40. The van der Waals surface area contributed by atoms with Crippen molar-refractivity contribution >= 4 is 28.4 Å². The molecule has 0 fully saturated rings. The number of anilines is 1. The standard InChI is InChI=1S/C20H21N3O2/c1-3-14-8-4-6-10-17(14)22-19(24)12-21-20(25)16-13-23(2)18-11-7-5-9-15(16)18/h4-11,13H,3,12H2,1-2H3,(H,21,25)(H,22,24). The maximum atomic E-state index is 12.4. The van der Waals surface area contributed by atoms with Crippen LogP contribution in [0.15, 0.2) is 54.7 Å². The number of hydrogen-bond donors (Lipinski definition) is 2. The molecule has 0 unspecified atom stereocenters. The van der Waals surface area contributed by atoms with Gasteiger partial charge in [0.15, 0.2) is 0 Å². The molecule has 3 aromatic rings. The lowest BCUT2D eigenvalue weighted by Gasteiger charge is -2.10. The van der Waals surface area contributed by atoms with Gasteiger partial charge in [0.05, 0.1) is 12.1 Å². The van der Waals surface area contributed by atoms with E-state index in [1.165, 1.54) is 0 Å². The second kappa shape index (κ2) is 7.21. The van der Waals surface area contributed by atoms with Crippen LogP contribution in [0.25, 0.3) is 10.9 Å². The smallest absolute Gasteiger partial charge is 0.253 e. The van der Waals surface area contributed by atoms with Gasteiger partial charge in [-0.1, -0.05) is 43.3 Å². The quantitative estimate of drug-likeness (QED) is 0.752. The summed E-state index contributed by atoms with van der Waals surface area (Å²) in [6.07, 6.45) is 2.61. The van der Waals surface area contributed by atoms with Crippen LogP contribution in [-0.4, -0.2) is 22.9 Å². The number of hydrogen-bond acceptors (Lipinski definition) is 2. The zero-order valence-electron chi connectivity index (χ0n) is 14.4. The normalized spacial score (nSPS) is 10.6. The molecule has 5 nitrogen and oxygen atoms in total. The molecule has 0 saturated carbocycles. The first kappa shape index (κ1) is 16.8. The van der Waals surface area contributed by atoms with Gasteiger partial charge >= 0.3 is 0 Å². The summed E-state index contributed by atoms with van der Waals surface area (Å²) in [6, 6.07) is 15.4. The fourth-order valence-corrected chi connectivity index (χ4v) is 2.92. The Morgan fingerprint density at radius 1 is 1.04 bits per heavy atom. The average molecular weight is 335 g/mol. The van der Waals surface area contributed by atoms with Crippen molar-refractivity contribution in [1.29, 1.82) is 0 Å². The number of benzene rings is 2. The monoisotopic (exact) mass is 335 g/mol. The molecule has 25 heavy (non-hydrogen) atoms. The molecule has 0 aliphatic rings. The summed E-state index contributed by atoms with van der Waals surface area (Å²) < 4.78 is 1.90. The number of aromatic nitrogens is 1. The highest BCUT2D eigenvalue weighted by molar-refractivity contribution is 6.08. The van der Waals surface area contributed by atoms with E-state index in [9.17, 15) is 9.59 Å². The van der Waals surface area contributed by atoms with Crippen LogP contribution in [0.2, 0.25) is 0 Å². The first-order valence-corrected chi connectivity index (χ1v) is 8.30. The molecule has 0 bridgehead atoms. The Hall–Kier alpha value is -3.08. The van der Waals surface area contributed by atoms with E-state index in [1.807, 2.05) is 67.1 Å². The lowest BCUT2D eigenvalue weighted by molar-refractivity contribution is -0.115. The summed E-state index contributed by atoms with van der Waals surface area (Å²) in [6.45, 7) is 1.97. The summed E-state index contributed by atoms with van der Waals surface area (Å²) in [5.74, 6) is -0.495. The molecule has 1 heterocycles. The van der Waals surface area contributed by atoms with Crippen molar-refractivity contribution in [1.82, 2.24) is 9.88 Å². The van der Waals surface area contributed by atoms with Crippen molar-refractivity contribution in [3.63, 3.8) is 0 Å². The van der Waals surface area contributed by atoms with Gasteiger partial charge < -0.3 is 15.2 Å². The highest BCUT2D eigenvalue weighted by Crippen LogP contribution is 2.20. The van der Waals surface area contributed by atoms with Gasteiger partial charge in [0, 0.05) is 29.8 Å². The third-order valence-corrected chi connectivity index (χ3v) is 4.22. The minimum Gasteiger partial charge on any atom is -0.350 e. The number of para-hydroxylation sites is 2. The van der Waals surface area contributed by atoms with E-state index in [-0.39, 0.29) is 18.4 Å². The van der Waals surface area contributed by atoms with Crippen LogP contribution in [0.3, 0.4) is 0 Å². The van der Waals surface area contributed by atoms with Crippen molar-refractivity contribution in [3.05, 3.63) is 65.9 Å². The maximum Gasteiger partial charge on any atom is 0.253 e. The number of rotatable bonds is 5. The number of amides is 2. The van der Waals surface area contributed by atoms with Crippen LogP contribution in [0.1, 0.15) is 22.8 Å². The first-order valence-electron chi connectivity index (χ1n) is 8.30. The van der Waals surface area contributed by atoms with E-state index in [2.05, 4.69) is 10.6 Å². The zero-order valence-corrected chi connectivity index (χ0v) is 14.4. The molecule has 2 N–H and O–H groups in total. The van der Waals surface area contributed by atoms with Crippen molar-refractivity contribution in [2.75, 3.05) is 11.9 Å². The van der Waals surface area contributed by atoms with E-state index in [4.69, 9.17) is 0 Å². The van der Waals surface area contributed by atoms with Gasteiger partial charge in [-0.2, -0.15) is 0 Å². The molecule has 0 spiro atoms. The number of nitrogens with one attached hydrogen (secondary N) is 2. The molecule has 3 rings (SSSR count). The molecule has 0 aliphatic heterocycles. The van der Waals surface area contributed by atoms with Gasteiger partial charge in [0.2, 0.25) is 5.91 Å². The Morgan fingerprint density at radius 2 is 1.76 bits per heavy atom. The van der Waals surface area contributed by atoms with Gasteiger partial charge in [-0.3, -0.25) is 9.59 Å². The molecule has 0 atom stereocenters. The van der Waals surface area contributed by atoms with Crippen LogP contribution >= 0.6 is 0 Å². The van der Waals surface area contributed by atoms with Crippen LogP contribution in [-0.2, 0) is 18.3 Å². The lowest BCUT2D eigenvalue weighted by atomic mass is 10.1. The van der Waals surface area contributed by atoms with Crippen molar-refractivity contribution < 1.29 is 9.59 Å². The minimum atomic E-state index is -0.254. The highest BCUT2D eigenvalue weighted by Gasteiger charge is 2.14. The largest absolute Gasteiger partial charge is 0.350 e. The van der Waals surface area contributed by atoms with Crippen molar-refractivity contribution in [3.8, 4) is 0 Å². The van der Waals surface area contributed by atoms with Crippen LogP contribution in [0.5, 0.6) is 0 Å². The minimum absolute atomic E-state index is 0.0693. The number of carbonyl (C=O) groups is 2. The van der Waals surface area contributed by atoms with E-state index in [0.29, 0.717) is 5.56 Å². The Morgan fingerprint density at radius 3 is 2.56 bits per heavy atom. The molecule has 128 valence electrons. The predicted molar refractivity (Wildman–Crippen MR) is 99.7 cm³/mol. The summed E-state index contributed by atoms with van der Waals surface area (Å²) in [4.78, 5) is 24.6. The summed E-state index contributed by atoms with van der Waals surface area (Å²) in [7, 11) is 1.90. The molecular formula is C20H21N3O2. The summed E-state index contributed by atoms with van der Waals surface area (Å²) in [5, 5.41) is 6.42.